The van der Waals surface area contributed by atoms with Gasteiger partial charge in [0.25, 0.3) is 0 Å². The van der Waals surface area contributed by atoms with E-state index in [-0.39, 0.29) is 5.54 Å². The lowest BCUT2D eigenvalue weighted by Crippen LogP contribution is -2.46. The Hall–Kier alpha value is -2.55. The smallest absolute Gasteiger partial charge is 0.206 e. The fourth-order valence-electron chi connectivity index (χ4n) is 3.72. The number of allylic oxidation sites excluding steroid dienone is 1. The molecule has 0 bridgehead atoms. The topological polar surface area (TPSA) is 18.8 Å². The fraction of sp³-hybridized carbons (Fsp3) is 0.348. The predicted molar refractivity (Wildman–Crippen MR) is 113 cm³/mol. The molecular weight excluding hydrogens is 318 g/mol. The third-order valence-corrected chi connectivity index (χ3v) is 5.04. The summed E-state index contributed by atoms with van der Waals surface area (Å²) in [6.45, 7) is 4.41. The third-order valence-electron chi connectivity index (χ3n) is 5.04. The molecule has 0 amide bonds. The normalized spacial score (nSPS) is 19.4. The van der Waals surface area contributed by atoms with Gasteiger partial charge >= 0.3 is 0 Å². The van der Waals surface area contributed by atoms with Crippen molar-refractivity contribution >= 4 is 17.3 Å². The molecule has 2 aromatic rings. The number of fused-ring (bicyclic) bond motifs is 1. The lowest BCUT2D eigenvalue weighted by molar-refractivity contribution is 0.498. The van der Waals surface area contributed by atoms with Crippen molar-refractivity contribution in [3.8, 4) is 0 Å². The van der Waals surface area contributed by atoms with Crippen molar-refractivity contribution in [1.82, 2.24) is 0 Å². The SMILES string of the molecule is CC/C=C/C1(CCC)N=C(N(C)c2ccccc2)N(C)c2ccccc21. The van der Waals surface area contributed by atoms with Gasteiger partial charge < -0.3 is 9.80 Å². The maximum Gasteiger partial charge on any atom is 0.206 e. The maximum atomic E-state index is 5.32. The standard InChI is InChI=1S/C23H29N3/c1-5-7-18-23(17-6-2)20-15-11-12-16-21(20)26(4)22(24-23)25(3)19-13-9-8-10-14-19/h7-16,18H,5-6,17H2,1-4H3/b18-7+. The Labute approximate surface area is 157 Å². The van der Waals surface area contributed by atoms with Crippen LogP contribution in [-0.2, 0) is 5.54 Å². The Morgan fingerprint density at radius 1 is 1.04 bits per heavy atom. The highest BCUT2D eigenvalue weighted by atomic mass is 15.4. The number of anilines is 2. The van der Waals surface area contributed by atoms with Gasteiger partial charge in [-0.05, 0) is 31.0 Å². The number of hydrogen-bond donors (Lipinski definition) is 0. The number of benzene rings is 2. The highest BCUT2D eigenvalue weighted by Crippen LogP contribution is 2.42. The molecule has 2 aromatic carbocycles. The van der Waals surface area contributed by atoms with E-state index in [0.29, 0.717) is 0 Å². The molecule has 0 spiro atoms. The summed E-state index contributed by atoms with van der Waals surface area (Å²) in [6.07, 6.45) is 7.66. The van der Waals surface area contributed by atoms with Crippen molar-refractivity contribution in [2.45, 2.75) is 38.6 Å². The molecule has 3 heteroatoms. The second-order valence-electron chi connectivity index (χ2n) is 6.87. The van der Waals surface area contributed by atoms with Gasteiger partial charge in [0.15, 0.2) is 0 Å². The van der Waals surface area contributed by atoms with Crippen LogP contribution in [0.1, 0.15) is 38.7 Å². The van der Waals surface area contributed by atoms with Crippen LogP contribution in [0.4, 0.5) is 11.4 Å². The van der Waals surface area contributed by atoms with Gasteiger partial charge in [-0.15, -0.1) is 0 Å². The first-order valence-electron chi connectivity index (χ1n) is 9.52. The number of aliphatic imine (C=N–C) groups is 1. The molecule has 0 fully saturated rings. The van der Waals surface area contributed by atoms with Crippen LogP contribution in [0.25, 0.3) is 0 Å². The lowest BCUT2D eigenvalue weighted by Gasteiger charge is -2.41. The van der Waals surface area contributed by atoms with Crippen LogP contribution in [0.5, 0.6) is 0 Å². The second-order valence-corrected chi connectivity index (χ2v) is 6.87. The summed E-state index contributed by atoms with van der Waals surface area (Å²) >= 11 is 0. The lowest BCUT2D eigenvalue weighted by atomic mass is 9.83. The molecule has 0 aliphatic carbocycles. The Morgan fingerprint density at radius 2 is 1.73 bits per heavy atom. The third kappa shape index (κ3) is 3.26. The quantitative estimate of drug-likeness (QED) is 0.657. The van der Waals surface area contributed by atoms with E-state index in [9.17, 15) is 0 Å². The second kappa shape index (κ2) is 7.77. The first-order chi connectivity index (χ1) is 12.6. The fourth-order valence-corrected chi connectivity index (χ4v) is 3.72. The molecule has 0 aromatic heterocycles. The number of para-hydroxylation sites is 2. The van der Waals surface area contributed by atoms with Crippen LogP contribution in [0.3, 0.4) is 0 Å². The minimum Gasteiger partial charge on any atom is -0.315 e. The molecule has 0 N–H and O–H groups in total. The molecule has 0 saturated carbocycles. The van der Waals surface area contributed by atoms with Crippen molar-refractivity contribution in [1.29, 1.82) is 0 Å². The van der Waals surface area contributed by atoms with Crippen LogP contribution in [0, 0.1) is 0 Å². The van der Waals surface area contributed by atoms with Crippen LogP contribution in [0.15, 0.2) is 71.7 Å². The van der Waals surface area contributed by atoms with E-state index in [4.69, 9.17) is 4.99 Å². The minimum atomic E-state index is -0.299. The highest BCUT2D eigenvalue weighted by Gasteiger charge is 2.37. The largest absolute Gasteiger partial charge is 0.315 e. The van der Waals surface area contributed by atoms with Crippen molar-refractivity contribution in [3.05, 3.63) is 72.3 Å². The van der Waals surface area contributed by atoms with Gasteiger partial charge in [0.2, 0.25) is 5.96 Å². The summed E-state index contributed by atoms with van der Waals surface area (Å²) in [4.78, 5) is 9.71. The minimum absolute atomic E-state index is 0.299. The van der Waals surface area contributed by atoms with Gasteiger partial charge in [0, 0.05) is 31.0 Å². The van der Waals surface area contributed by atoms with Gasteiger partial charge in [-0.25, -0.2) is 4.99 Å². The molecule has 1 heterocycles. The van der Waals surface area contributed by atoms with Crippen molar-refractivity contribution < 1.29 is 0 Å². The molecule has 1 atom stereocenters. The van der Waals surface area contributed by atoms with Crippen LogP contribution >= 0.6 is 0 Å². The Bertz CT molecular complexity index is 794. The Balaban J connectivity index is 2.17. The molecule has 3 nitrogen and oxygen atoms in total. The summed E-state index contributed by atoms with van der Waals surface area (Å²) < 4.78 is 0. The first-order valence-corrected chi connectivity index (χ1v) is 9.52. The van der Waals surface area contributed by atoms with E-state index >= 15 is 0 Å². The number of guanidine groups is 1. The monoisotopic (exact) mass is 347 g/mol. The van der Waals surface area contributed by atoms with Crippen LogP contribution in [-0.4, -0.2) is 20.1 Å². The van der Waals surface area contributed by atoms with Crippen molar-refractivity contribution in [3.63, 3.8) is 0 Å². The van der Waals surface area contributed by atoms with Gasteiger partial charge in [0.05, 0.1) is 0 Å². The van der Waals surface area contributed by atoms with Gasteiger partial charge in [-0.2, -0.15) is 0 Å². The van der Waals surface area contributed by atoms with Crippen molar-refractivity contribution in [2.24, 2.45) is 4.99 Å². The van der Waals surface area contributed by atoms with E-state index in [1.54, 1.807) is 0 Å². The summed E-state index contributed by atoms with van der Waals surface area (Å²) in [5.74, 6) is 0.976. The summed E-state index contributed by atoms with van der Waals surface area (Å²) in [5.41, 5.74) is 3.36. The summed E-state index contributed by atoms with van der Waals surface area (Å²) in [5, 5.41) is 0. The first kappa shape index (κ1) is 18.2. The maximum absolute atomic E-state index is 5.32. The molecule has 26 heavy (non-hydrogen) atoms. The predicted octanol–water partition coefficient (Wildman–Crippen LogP) is 5.59. The number of nitrogens with zero attached hydrogens (tertiary/aromatic N) is 3. The van der Waals surface area contributed by atoms with Gasteiger partial charge in [-0.3, -0.25) is 0 Å². The average Bonchev–Trinajstić information content (AvgIpc) is 2.69. The summed E-state index contributed by atoms with van der Waals surface area (Å²) in [6, 6.07) is 19.1. The van der Waals surface area contributed by atoms with E-state index in [2.05, 4.69) is 98.4 Å². The average molecular weight is 348 g/mol. The molecule has 0 radical (unpaired) electrons. The number of rotatable bonds is 5. The molecule has 1 aliphatic rings. The van der Waals surface area contributed by atoms with E-state index in [1.165, 1.54) is 11.3 Å². The molecule has 0 saturated heterocycles. The number of hydrogen-bond acceptors (Lipinski definition) is 3. The van der Waals surface area contributed by atoms with Crippen LogP contribution < -0.4 is 9.80 Å². The zero-order valence-electron chi connectivity index (χ0n) is 16.3. The highest BCUT2D eigenvalue weighted by molar-refractivity contribution is 6.08. The van der Waals surface area contributed by atoms with E-state index in [0.717, 1.165) is 30.9 Å². The van der Waals surface area contributed by atoms with E-state index < -0.39 is 0 Å². The van der Waals surface area contributed by atoms with Crippen LogP contribution in [0.2, 0.25) is 0 Å². The Morgan fingerprint density at radius 3 is 2.42 bits per heavy atom. The van der Waals surface area contributed by atoms with E-state index in [1.807, 2.05) is 6.07 Å². The molecule has 1 unspecified atom stereocenters. The molecule has 1 aliphatic heterocycles. The summed E-state index contributed by atoms with van der Waals surface area (Å²) in [7, 11) is 4.20. The zero-order valence-corrected chi connectivity index (χ0v) is 16.3. The Kier molecular flexibility index (Phi) is 5.46. The van der Waals surface area contributed by atoms with Crippen molar-refractivity contribution in [2.75, 3.05) is 23.9 Å². The molecule has 136 valence electrons. The molecule has 3 rings (SSSR count). The molecular formula is C23H29N3. The zero-order chi connectivity index (χ0) is 18.6. The van der Waals surface area contributed by atoms with Gasteiger partial charge in [0.1, 0.15) is 5.54 Å². The van der Waals surface area contributed by atoms with Gasteiger partial charge in [-0.1, -0.05) is 68.8 Å².